The SMILES string of the molecule is CCOCCCn1c(SCc2cccc(OC)c2OC)nc2cc(S(=O)(=O)N3CCC[C@H](C)C3)ccc21. The number of methoxy groups -OCH3 is 2. The van der Waals surface area contributed by atoms with Crippen LogP contribution in [0.2, 0.25) is 0 Å². The summed E-state index contributed by atoms with van der Waals surface area (Å²) in [6.07, 6.45) is 2.79. The maximum absolute atomic E-state index is 13.4. The maximum atomic E-state index is 13.4. The van der Waals surface area contributed by atoms with E-state index in [0.717, 1.165) is 42.0 Å². The molecule has 4 rings (SSSR count). The number of hydrogen-bond donors (Lipinski definition) is 0. The molecule has 2 heterocycles. The molecule has 202 valence electrons. The number of para-hydroxylation sites is 1. The van der Waals surface area contributed by atoms with Gasteiger partial charge < -0.3 is 18.8 Å². The number of benzene rings is 2. The lowest BCUT2D eigenvalue weighted by molar-refractivity contribution is 0.141. The Labute approximate surface area is 224 Å². The molecule has 2 aromatic carbocycles. The van der Waals surface area contributed by atoms with Gasteiger partial charge in [-0.2, -0.15) is 4.31 Å². The minimum atomic E-state index is -3.56. The number of fused-ring (bicyclic) bond motifs is 1. The zero-order valence-corrected chi connectivity index (χ0v) is 23.7. The smallest absolute Gasteiger partial charge is 0.243 e. The topological polar surface area (TPSA) is 82.9 Å². The highest BCUT2D eigenvalue weighted by Gasteiger charge is 2.29. The van der Waals surface area contributed by atoms with Gasteiger partial charge in [-0.1, -0.05) is 30.8 Å². The molecule has 1 aromatic heterocycles. The zero-order chi connectivity index (χ0) is 26.4. The molecule has 8 nitrogen and oxygen atoms in total. The Balaban J connectivity index is 1.65. The molecule has 0 aliphatic carbocycles. The van der Waals surface area contributed by atoms with Gasteiger partial charge in [0.05, 0.1) is 30.1 Å². The van der Waals surface area contributed by atoms with Crippen molar-refractivity contribution >= 4 is 32.8 Å². The van der Waals surface area contributed by atoms with Crippen molar-refractivity contribution in [1.29, 1.82) is 0 Å². The summed E-state index contributed by atoms with van der Waals surface area (Å²) in [6.45, 7) is 7.29. The van der Waals surface area contributed by atoms with Gasteiger partial charge in [-0.05, 0) is 56.4 Å². The fourth-order valence-electron chi connectivity index (χ4n) is 4.77. The molecular weight excluding hydrogens is 510 g/mol. The van der Waals surface area contributed by atoms with Crippen LogP contribution in [0.15, 0.2) is 46.5 Å². The number of sulfonamides is 1. The van der Waals surface area contributed by atoms with Crippen LogP contribution in [0.25, 0.3) is 11.0 Å². The molecule has 0 bridgehead atoms. The van der Waals surface area contributed by atoms with Crippen molar-refractivity contribution in [3.63, 3.8) is 0 Å². The van der Waals surface area contributed by atoms with Gasteiger partial charge in [0.1, 0.15) is 0 Å². The number of thioether (sulfide) groups is 1. The average molecular weight is 548 g/mol. The first kappa shape index (κ1) is 27.8. The summed E-state index contributed by atoms with van der Waals surface area (Å²) in [5.41, 5.74) is 2.60. The van der Waals surface area contributed by atoms with Crippen LogP contribution < -0.4 is 9.47 Å². The molecule has 0 spiro atoms. The number of imidazole rings is 1. The second-order valence-corrected chi connectivity index (χ2v) is 12.2. The van der Waals surface area contributed by atoms with Gasteiger partial charge in [0.15, 0.2) is 16.7 Å². The fraction of sp³-hybridized carbons (Fsp3) is 0.519. The van der Waals surface area contributed by atoms with Crippen molar-refractivity contribution in [2.24, 2.45) is 5.92 Å². The second kappa shape index (κ2) is 12.5. The Bertz CT molecular complexity index is 1310. The molecule has 3 aromatic rings. The second-order valence-electron chi connectivity index (χ2n) is 9.30. The van der Waals surface area contributed by atoms with Gasteiger partial charge in [-0.15, -0.1) is 0 Å². The number of piperidine rings is 1. The van der Waals surface area contributed by atoms with Crippen LogP contribution in [0, 0.1) is 5.92 Å². The normalized spacial score (nSPS) is 16.8. The number of rotatable bonds is 12. The molecule has 1 atom stereocenters. The standard InChI is InChI=1S/C27H37N3O5S2/c1-5-35-16-8-15-30-24-13-12-22(37(31,32)29-14-7-9-20(2)18-29)17-23(24)28-27(30)36-19-21-10-6-11-25(33-3)26(21)34-4/h6,10-13,17,20H,5,7-9,14-16,18-19H2,1-4H3/t20-/m0/s1. The lowest BCUT2D eigenvalue weighted by Gasteiger charge is -2.30. The quantitative estimate of drug-likeness (QED) is 0.228. The molecule has 1 fully saturated rings. The Morgan fingerprint density at radius 3 is 2.73 bits per heavy atom. The summed E-state index contributed by atoms with van der Waals surface area (Å²) in [5.74, 6) is 2.40. The first-order valence-electron chi connectivity index (χ1n) is 12.8. The Kier molecular flexibility index (Phi) is 9.39. The minimum Gasteiger partial charge on any atom is -0.493 e. The summed E-state index contributed by atoms with van der Waals surface area (Å²) in [6, 6.07) is 11.2. The van der Waals surface area contributed by atoms with E-state index in [1.807, 2.05) is 31.2 Å². The zero-order valence-electron chi connectivity index (χ0n) is 22.1. The van der Waals surface area contributed by atoms with Crippen molar-refractivity contribution in [2.45, 2.75) is 55.5 Å². The molecule has 1 aliphatic rings. The molecule has 0 unspecified atom stereocenters. The molecular formula is C27H37N3O5S2. The van der Waals surface area contributed by atoms with E-state index in [1.54, 1.807) is 42.4 Å². The van der Waals surface area contributed by atoms with E-state index in [4.69, 9.17) is 19.2 Å². The van der Waals surface area contributed by atoms with E-state index < -0.39 is 10.0 Å². The van der Waals surface area contributed by atoms with Crippen LogP contribution in [-0.4, -0.2) is 62.8 Å². The Hall–Kier alpha value is -2.27. The van der Waals surface area contributed by atoms with Crippen LogP contribution in [0.1, 0.15) is 38.7 Å². The van der Waals surface area contributed by atoms with Gasteiger partial charge in [-0.3, -0.25) is 0 Å². The Morgan fingerprint density at radius 1 is 1.16 bits per heavy atom. The van der Waals surface area contributed by atoms with E-state index in [-0.39, 0.29) is 0 Å². The van der Waals surface area contributed by atoms with Crippen molar-refractivity contribution in [2.75, 3.05) is 40.5 Å². The summed E-state index contributed by atoms with van der Waals surface area (Å²) in [5, 5.41) is 0.831. The molecule has 1 aliphatic heterocycles. The summed E-state index contributed by atoms with van der Waals surface area (Å²) in [4.78, 5) is 5.19. The molecule has 1 saturated heterocycles. The van der Waals surface area contributed by atoms with Crippen LogP contribution in [0.5, 0.6) is 11.5 Å². The van der Waals surface area contributed by atoms with E-state index in [0.29, 0.717) is 59.9 Å². The van der Waals surface area contributed by atoms with E-state index in [9.17, 15) is 8.42 Å². The van der Waals surface area contributed by atoms with Crippen LogP contribution in [0.3, 0.4) is 0 Å². The first-order chi connectivity index (χ1) is 17.9. The number of aromatic nitrogens is 2. The third kappa shape index (κ3) is 6.25. The minimum absolute atomic E-state index is 0.305. The van der Waals surface area contributed by atoms with Gasteiger partial charge >= 0.3 is 0 Å². The van der Waals surface area contributed by atoms with Gasteiger partial charge in [-0.25, -0.2) is 13.4 Å². The summed E-state index contributed by atoms with van der Waals surface area (Å²) >= 11 is 1.60. The third-order valence-corrected chi connectivity index (χ3v) is 9.54. The van der Waals surface area contributed by atoms with Crippen LogP contribution in [0.4, 0.5) is 0 Å². The van der Waals surface area contributed by atoms with E-state index in [1.165, 1.54) is 0 Å². The molecule has 10 heteroatoms. The molecule has 0 saturated carbocycles. The van der Waals surface area contributed by atoms with E-state index in [2.05, 4.69) is 11.5 Å². The van der Waals surface area contributed by atoms with Crippen molar-refractivity contribution in [3.8, 4) is 11.5 Å². The molecule has 0 radical (unpaired) electrons. The number of ether oxygens (including phenoxy) is 3. The monoisotopic (exact) mass is 547 g/mol. The predicted octanol–water partition coefficient (Wildman–Crippen LogP) is 5.19. The third-order valence-electron chi connectivity index (χ3n) is 6.66. The maximum Gasteiger partial charge on any atom is 0.243 e. The van der Waals surface area contributed by atoms with Crippen molar-refractivity contribution in [3.05, 3.63) is 42.0 Å². The van der Waals surface area contributed by atoms with Crippen LogP contribution in [-0.2, 0) is 27.1 Å². The number of hydrogen-bond acceptors (Lipinski definition) is 7. The molecule has 0 amide bonds. The van der Waals surface area contributed by atoms with Crippen molar-refractivity contribution < 1.29 is 22.6 Å². The highest BCUT2D eigenvalue weighted by atomic mass is 32.2. The number of nitrogens with zero attached hydrogens (tertiary/aromatic N) is 3. The van der Waals surface area contributed by atoms with Crippen LogP contribution >= 0.6 is 11.8 Å². The largest absolute Gasteiger partial charge is 0.493 e. The highest BCUT2D eigenvalue weighted by Crippen LogP contribution is 2.36. The number of aryl methyl sites for hydroxylation is 1. The van der Waals surface area contributed by atoms with Gasteiger partial charge in [0, 0.05) is 44.2 Å². The van der Waals surface area contributed by atoms with Gasteiger partial charge in [0.25, 0.3) is 0 Å². The predicted molar refractivity (Wildman–Crippen MR) is 147 cm³/mol. The van der Waals surface area contributed by atoms with E-state index >= 15 is 0 Å². The summed E-state index contributed by atoms with van der Waals surface area (Å²) in [7, 11) is -0.293. The first-order valence-corrected chi connectivity index (χ1v) is 15.2. The highest BCUT2D eigenvalue weighted by molar-refractivity contribution is 7.98. The fourth-order valence-corrected chi connectivity index (χ4v) is 7.41. The van der Waals surface area contributed by atoms with Crippen molar-refractivity contribution in [1.82, 2.24) is 13.9 Å². The van der Waals surface area contributed by atoms with Gasteiger partial charge in [0.2, 0.25) is 10.0 Å². The Morgan fingerprint density at radius 2 is 2.00 bits per heavy atom. The average Bonchev–Trinajstić information content (AvgIpc) is 3.26. The lowest BCUT2D eigenvalue weighted by Crippen LogP contribution is -2.39. The molecule has 0 N–H and O–H groups in total. The summed E-state index contributed by atoms with van der Waals surface area (Å²) < 4.78 is 47.2. The molecule has 37 heavy (non-hydrogen) atoms. The lowest BCUT2D eigenvalue weighted by atomic mass is 10.0.